The summed E-state index contributed by atoms with van der Waals surface area (Å²) >= 11 is 1.43. The molecule has 1 aromatic heterocycles. The lowest BCUT2D eigenvalue weighted by molar-refractivity contribution is 0.102. The van der Waals surface area contributed by atoms with E-state index in [-0.39, 0.29) is 10.8 Å². The molecular formula is C21H22N2O3S2. The Hall–Kier alpha value is -2.51. The molecule has 7 heteroatoms. The van der Waals surface area contributed by atoms with Crippen LogP contribution in [-0.2, 0) is 16.3 Å². The van der Waals surface area contributed by atoms with Gasteiger partial charge in [-0.3, -0.25) is 10.1 Å². The average molecular weight is 415 g/mol. The zero-order valence-electron chi connectivity index (χ0n) is 16.0. The van der Waals surface area contributed by atoms with Crippen molar-refractivity contribution in [3.8, 4) is 0 Å². The number of benzene rings is 2. The van der Waals surface area contributed by atoms with E-state index in [0.29, 0.717) is 10.7 Å². The number of thiazole rings is 1. The molecule has 0 atom stereocenters. The molecular weight excluding hydrogens is 392 g/mol. The molecule has 0 bridgehead atoms. The van der Waals surface area contributed by atoms with Crippen LogP contribution in [0.3, 0.4) is 0 Å². The number of aromatic nitrogens is 1. The molecule has 0 spiro atoms. The maximum Gasteiger partial charge on any atom is 0.257 e. The highest BCUT2D eigenvalue weighted by Crippen LogP contribution is 2.22. The van der Waals surface area contributed by atoms with E-state index in [9.17, 15) is 13.2 Å². The number of hydrogen-bond acceptors (Lipinski definition) is 5. The Labute approximate surface area is 169 Å². The van der Waals surface area contributed by atoms with Gasteiger partial charge >= 0.3 is 0 Å². The maximum atomic E-state index is 12.4. The first-order valence-electron chi connectivity index (χ1n) is 8.91. The van der Waals surface area contributed by atoms with Crippen molar-refractivity contribution in [2.45, 2.75) is 37.3 Å². The third-order valence-corrected chi connectivity index (χ3v) is 7.42. The van der Waals surface area contributed by atoms with E-state index in [1.807, 2.05) is 0 Å². The third kappa shape index (κ3) is 4.66. The molecule has 1 N–H and O–H groups in total. The first-order valence-corrected chi connectivity index (χ1v) is 11.3. The SMILES string of the molecule is Cc1ccc(Cc2cnc(NC(=O)c3ccc(S(=O)(=O)C(C)C)cc3)s2)cc1. The van der Waals surface area contributed by atoms with Crippen molar-refractivity contribution in [1.82, 2.24) is 4.98 Å². The van der Waals surface area contributed by atoms with Gasteiger partial charge in [-0.1, -0.05) is 29.8 Å². The van der Waals surface area contributed by atoms with Crippen LogP contribution < -0.4 is 5.32 Å². The lowest BCUT2D eigenvalue weighted by Gasteiger charge is -2.08. The predicted molar refractivity (Wildman–Crippen MR) is 113 cm³/mol. The second kappa shape index (κ2) is 8.24. The first kappa shape index (κ1) is 20.2. The van der Waals surface area contributed by atoms with E-state index in [1.54, 1.807) is 20.0 Å². The molecule has 5 nitrogen and oxygen atoms in total. The molecule has 0 aliphatic heterocycles. The second-order valence-electron chi connectivity index (χ2n) is 6.87. The zero-order chi connectivity index (χ0) is 20.3. The van der Waals surface area contributed by atoms with Crippen molar-refractivity contribution in [2.24, 2.45) is 0 Å². The predicted octanol–water partition coefficient (Wildman–Crippen LogP) is 4.48. The highest BCUT2D eigenvalue weighted by molar-refractivity contribution is 7.92. The van der Waals surface area contributed by atoms with Crippen molar-refractivity contribution in [2.75, 3.05) is 5.32 Å². The molecule has 3 aromatic rings. The molecule has 0 aliphatic carbocycles. The normalized spacial score (nSPS) is 11.6. The first-order chi connectivity index (χ1) is 13.3. The highest BCUT2D eigenvalue weighted by atomic mass is 32.2. The molecule has 146 valence electrons. The summed E-state index contributed by atoms with van der Waals surface area (Å²) in [4.78, 5) is 18.0. The van der Waals surface area contributed by atoms with Crippen molar-refractivity contribution in [3.05, 3.63) is 76.3 Å². The van der Waals surface area contributed by atoms with Gasteiger partial charge in [0.2, 0.25) is 0 Å². The van der Waals surface area contributed by atoms with Crippen molar-refractivity contribution >= 4 is 32.2 Å². The van der Waals surface area contributed by atoms with Gasteiger partial charge in [0.25, 0.3) is 5.91 Å². The van der Waals surface area contributed by atoms with Crippen molar-refractivity contribution in [3.63, 3.8) is 0 Å². The Morgan fingerprint density at radius 1 is 1.07 bits per heavy atom. The van der Waals surface area contributed by atoms with Crippen molar-refractivity contribution < 1.29 is 13.2 Å². The summed E-state index contributed by atoms with van der Waals surface area (Å²) < 4.78 is 24.3. The Kier molecular flexibility index (Phi) is 5.96. The van der Waals surface area contributed by atoms with Crippen molar-refractivity contribution in [1.29, 1.82) is 0 Å². The van der Waals surface area contributed by atoms with Gasteiger partial charge in [0.15, 0.2) is 15.0 Å². The molecule has 28 heavy (non-hydrogen) atoms. The minimum Gasteiger partial charge on any atom is -0.298 e. The molecule has 1 amide bonds. The maximum absolute atomic E-state index is 12.4. The number of rotatable bonds is 6. The summed E-state index contributed by atoms with van der Waals surface area (Å²) in [5.41, 5.74) is 2.79. The number of hydrogen-bond donors (Lipinski definition) is 1. The van der Waals surface area contributed by atoms with E-state index < -0.39 is 15.1 Å². The van der Waals surface area contributed by atoms with Gasteiger partial charge in [-0.15, -0.1) is 11.3 Å². The molecule has 0 fully saturated rings. The molecule has 0 radical (unpaired) electrons. The van der Waals surface area contributed by atoms with Crippen LogP contribution in [0.25, 0.3) is 0 Å². The van der Waals surface area contributed by atoms with Crippen LogP contribution >= 0.6 is 11.3 Å². The van der Waals surface area contributed by atoms with Crippen LogP contribution in [0.1, 0.15) is 40.2 Å². The molecule has 3 rings (SSSR count). The minimum absolute atomic E-state index is 0.216. The number of aryl methyl sites for hydroxylation is 1. The largest absolute Gasteiger partial charge is 0.298 e. The van der Waals surface area contributed by atoms with Crippen LogP contribution in [0, 0.1) is 6.92 Å². The van der Waals surface area contributed by atoms with Gasteiger partial charge in [0, 0.05) is 23.1 Å². The van der Waals surface area contributed by atoms with Crippen LogP contribution in [-0.4, -0.2) is 24.6 Å². The molecule has 0 aliphatic rings. The van der Waals surface area contributed by atoms with Crippen LogP contribution in [0.2, 0.25) is 0 Å². The molecule has 0 unspecified atom stereocenters. The van der Waals surface area contributed by atoms with Crippen LogP contribution in [0.4, 0.5) is 5.13 Å². The summed E-state index contributed by atoms with van der Waals surface area (Å²) in [7, 11) is -3.35. The van der Waals surface area contributed by atoms with E-state index >= 15 is 0 Å². The fourth-order valence-electron chi connectivity index (χ4n) is 2.59. The molecule has 2 aromatic carbocycles. The minimum atomic E-state index is -3.35. The van der Waals surface area contributed by atoms with E-state index in [2.05, 4.69) is 41.5 Å². The van der Waals surface area contributed by atoms with E-state index in [1.165, 1.54) is 46.7 Å². The number of carbonyl (C=O) groups excluding carboxylic acids is 1. The Morgan fingerprint density at radius 3 is 2.32 bits per heavy atom. The quantitative estimate of drug-likeness (QED) is 0.645. The number of sulfone groups is 1. The number of nitrogens with zero attached hydrogens (tertiary/aromatic N) is 1. The molecule has 0 saturated heterocycles. The summed E-state index contributed by atoms with van der Waals surface area (Å²) in [6, 6.07) is 14.3. The monoisotopic (exact) mass is 414 g/mol. The molecule has 0 saturated carbocycles. The third-order valence-electron chi connectivity index (χ3n) is 4.34. The van der Waals surface area contributed by atoms with Gasteiger partial charge < -0.3 is 0 Å². The summed E-state index contributed by atoms with van der Waals surface area (Å²) in [6.45, 7) is 5.31. The Bertz CT molecular complexity index is 1070. The van der Waals surface area contributed by atoms with Crippen LogP contribution in [0.15, 0.2) is 59.6 Å². The second-order valence-corrected chi connectivity index (χ2v) is 10.5. The number of anilines is 1. The van der Waals surface area contributed by atoms with Gasteiger partial charge in [-0.25, -0.2) is 13.4 Å². The Morgan fingerprint density at radius 2 is 1.71 bits per heavy atom. The zero-order valence-corrected chi connectivity index (χ0v) is 17.6. The number of carbonyl (C=O) groups is 1. The topological polar surface area (TPSA) is 76.1 Å². The van der Waals surface area contributed by atoms with E-state index in [0.717, 1.165) is 11.3 Å². The lowest BCUT2D eigenvalue weighted by Crippen LogP contribution is -2.15. The van der Waals surface area contributed by atoms with Gasteiger partial charge in [0.1, 0.15) is 0 Å². The lowest BCUT2D eigenvalue weighted by atomic mass is 10.1. The van der Waals surface area contributed by atoms with Crippen LogP contribution in [0.5, 0.6) is 0 Å². The summed E-state index contributed by atoms with van der Waals surface area (Å²) in [6.07, 6.45) is 2.52. The standard InChI is InChI=1S/C21H22N2O3S2/c1-14(2)28(25,26)19-10-8-17(9-11-19)20(24)23-21-22-13-18(27-21)12-16-6-4-15(3)5-7-16/h4-11,13-14H,12H2,1-3H3,(H,22,23,24). The fourth-order valence-corrected chi connectivity index (χ4v) is 4.49. The molecule has 1 heterocycles. The van der Waals surface area contributed by atoms with E-state index in [4.69, 9.17) is 0 Å². The van der Waals surface area contributed by atoms with Gasteiger partial charge in [-0.2, -0.15) is 0 Å². The Balaban J connectivity index is 1.66. The van der Waals surface area contributed by atoms with Gasteiger partial charge in [0.05, 0.1) is 10.1 Å². The number of amides is 1. The smallest absolute Gasteiger partial charge is 0.257 e. The summed E-state index contributed by atoms with van der Waals surface area (Å²) in [5.74, 6) is -0.315. The highest BCUT2D eigenvalue weighted by Gasteiger charge is 2.19. The van der Waals surface area contributed by atoms with Gasteiger partial charge in [-0.05, 0) is 50.6 Å². The number of nitrogens with one attached hydrogen (secondary N) is 1. The fraction of sp³-hybridized carbons (Fsp3) is 0.238. The average Bonchev–Trinajstić information content (AvgIpc) is 3.10. The summed E-state index contributed by atoms with van der Waals surface area (Å²) in [5, 5.41) is 2.79.